The van der Waals surface area contributed by atoms with Crippen LogP contribution in [0, 0.1) is 6.92 Å². The number of hydrogen-bond acceptors (Lipinski definition) is 2. The van der Waals surface area contributed by atoms with E-state index < -0.39 is 0 Å². The van der Waals surface area contributed by atoms with E-state index in [1.807, 2.05) is 0 Å². The summed E-state index contributed by atoms with van der Waals surface area (Å²) < 4.78 is 0. The molecule has 0 fully saturated rings. The molecule has 1 aromatic carbocycles. The smallest absolute Gasteiger partial charge is 0.129 e. The van der Waals surface area contributed by atoms with Crippen LogP contribution in [0.1, 0.15) is 42.0 Å². The number of carbonyl (C=O) groups excluding carboxylic acids is 1. The molecule has 1 N–H and O–H groups in total. The van der Waals surface area contributed by atoms with Crippen molar-refractivity contribution >= 4 is 6.29 Å². The van der Waals surface area contributed by atoms with Crippen LogP contribution in [0.4, 0.5) is 0 Å². The van der Waals surface area contributed by atoms with Crippen molar-refractivity contribution in [2.24, 2.45) is 0 Å². The van der Waals surface area contributed by atoms with Gasteiger partial charge in [0.2, 0.25) is 0 Å². The van der Waals surface area contributed by atoms with E-state index in [4.69, 9.17) is 0 Å². The maximum atomic E-state index is 11.0. The van der Waals surface area contributed by atoms with E-state index in [1.165, 1.54) is 16.7 Å². The quantitative estimate of drug-likeness (QED) is 0.774. The summed E-state index contributed by atoms with van der Waals surface area (Å²) in [6.07, 6.45) is 2.64. The lowest BCUT2D eigenvalue weighted by atomic mass is 9.87. The summed E-state index contributed by atoms with van der Waals surface area (Å²) in [7, 11) is 0. The SMILES string of the molecule is CCc1cc(C)cc(CC)c1C(C=O)CO. The van der Waals surface area contributed by atoms with E-state index in [2.05, 4.69) is 32.9 Å². The van der Waals surface area contributed by atoms with Crippen LogP contribution in [0.25, 0.3) is 0 Å². The van der Waals surface area contributed by atoms with Crippen LogP contribution >= 0.6 is 0 Å². The molecule has 0 saturated carbocycles. The summed E-state index contributed by atoms with van der Waals surface area (Å²) in [5.41, 5.74) is 4.62. The van der Waals surface area contributed by atoms with Gasteiger partial charge >= 0.3 is 0 Å². The Balaban J connectivity index is 3.36. The number of aliphatic hydroxyl groups excluding tert-OH is 1. The first-order valence-electron chi connectivity index (χ1n) is 5.86. The molecule has 1 atom stereocenters. The van der Waals surface area contributed by atoms with Gasteiger partial charge in [-0.2, -0.15) is 0 Å². The van der Waals surface area contributed by atoms with Gasteiger partial charge in [-0.3, -0.25) is 0 Å². The van der Waals surface area contributed by atoms with Crippen molar-refractivity contribution in [3.63, 3.8) is 0 Å². The number of carbonyl (C=O) groups is 1. The minimum Gasteiger partial charge on any atom is -0.395 e. The highest BCUT2D eigenvalue weighted by Crippen LogP contribution is 2.25. The summed E-state index contributed by atoms with van der Waals surface area (Å²) in [5.74, 6) is -0.370. The largest absolute Gasteiger partial charge is 0.395 e. The Morgan fingerprint density at radius 3 is 2.06 bits per heavy atom. The lowest BCUT2D eigenvalue weighted by Gasteiger charge is -2.18. The maximum absolute atomic E-state index is 11.0. The van der Waals surface area contributed by atoms with Gasteiger partial charge in [0.15, 0.2) is 0 Å². The van der Waals surface area contributed by atoms with Crippen molar-refractivity contribution in [1.82, 2.24) is 0 Å². The standard InChI is InChI=1S/C14H20O2/c1-4-11-6-10(3)7-12(5-2)14(11)13(8-15)9-16/h6-8,13,16H,4-5,9H2,1-3H3. The van der Waals surface area contributed by atoms with Crippen molar-refractivity contribution in [1.29, 1.82) is 0 Å². The summed E-state index contributed by atoms with van der Waals surface area (Å²) in [6, 6.07) is 4.22. The van der Waals surface area contributed by atoms with E-state index in [0.29, 0.717) is 0 Å². The Bertz CT molecular complexity index is 344. The molecule has 0 aliphatic rings. The fourth-order valence-electron chi connectivity index (χ4n) is 2.22. The van der Waals surface area contributed by atoms with Gasteiger partial charge in [0.25, 0.3) is 0 Å². The molecule has 0 radical (unpaired) electrons. The molecule has 1 rings (SSSR count). The third kappa shape index (κ3) is 2.50. The number of aldehydes is 1. The second-order valence-electron chi connectivity index (χ2n) is 4.13. The fourth-order valence-corrected chi connectivity index (χ4v) is 2.22. The van der Waals surface area contributed by atoms with E-state index in [-0.39, 0.29) is 12.5 Å². The maximum Gasteiger partial charge on any atom is 0.129 e. The Kier molecular flexibility index (Phi) is 4.69. The zero-order chi connectivity index (χ0) is 12.1. The first-order valence-corrected chi connectivity index (χ1v) is 5.86. The van der Waals surface area contributed by atoms with Crippen molar-refractivity contribution in [2.75, 3.05) is 6.61 Å². The molecule has 0 aromatic heterocycles. The van der Waals surface area contributed by atoms with E-state index in [0.717, 1.165) is 24.7 Å². The van der Waals surface area contributed by atoms with Gasteiger partial charge in [-0.05, 0) is 36.5 Å². The van der Waals surface area contributed by atoms with Gasteiger partial charge in [-0.1, -0.05) is 31.5 Å². The topological polar surface area (TPSA) is 37.3 Å². The van der Waals surface area contributed by atoms with Crippen LogP contribution in [-0.2, 0) is 17.6 Å². The second-order valence-corrected chi connectivity index (χ2v) is 4.13. The van der Waals surface area contributed by atoms with E-state index in [9.17, 15) is 9.90 Å². The molecule has 0 bridgehead atoms. The molecule has 88 valence electrons. The first-order chi connectivity index (χ1) is 7.67. The third-order valence-electron chi connectivity index (χ3n) is 2.99. The van der Waals surface area contributed by atoms with Crippen LogP contribution < -0.4 is 0 Å². The fraction of sp³-hybridized carbons (Fsp3) is 0.500. The van der Waals surface area contributed by atoms with Gasteiger partial charge < -0.3 is 9.90 Å². The predicted octanol–water partition coefficient (Wildman–Crippen LogP) is 2.39. The molecule has 1 aromatic rings. The summed E-state index contributed by atoms with van der Waals surface area (Å²) in [5, 5.41) is 9.26. The van der Waals surface area contributed by atoms with Crippen LogP contribution in [-0.4, -0.2) is 18.0 Å². The van der Waals surface area contributed by atoms with Gasteiger partial charge in [-0.25, -0.2) is 0 Å². The highest BCUT2D eigenvalue weighted by Gasteiger charge is 2.17. The summed E-state index contributed by atoms with van der Waals surface area (Å²) in [6.45, 7) is 6.12. The molecule has 0 spiro atoms. The van der Waals surface area contributed by atoms with Gasteiger partial charge in [-0.15, -0.1) is 0 Å². The number of hydrogen-bond donors (Lipinski definition) is 1. The minimum atomic E-state index is -0.370. The van der Waals surface area contributed by atoms with Gasteiger partial charge in [0.05, 0.1) is 12.5 Å². The summed E-state index contributed by atoms with van der Waals surface area (Å²) >= 11 is 0. The monoisotopic (exact) mass is 220 g/mol. The Labute approximate surface area is 97.3 Å². The number of benzene rings is 1. The van der Waals surface area contributed by atoms with E-state index in [1.54, 1.807) is 0 Å². The van der Waals surface area contributed by atoms with Crippen LogP contribution in [0.2, 0.25) is 0 Å². The molecule has 2 heteroatoms. The predicted molar refractivity (Wildman–Crippen MR) is 65.8 cm³/mol. The van der Waals surface area contributed by atoms with Gasteiger partial charge in [0, 0.05) is 0 Å². The molecule has 0 heterocycles. The first kappa shape index (κ1) is 12.9. The average molecular weight is 220 g/mol. The van der Waals surface area contributed by atoms with Crippen molar-refractivity contribution in [2.45, 2.75) is 39.5 Å². The highest BCUT2D eigenvalue weighted by atomic mass is 16.3. The number of aliphatic hydroxyl groups is 1. The van der Waals surface area contributed by atoms with Crippen LogP contribution in [0.3, 0.4) is 0 Å². The number of rotatable bonds is 5. The zero-order valence-electron chi connectivity index (χ0n) is 10.3. The molecule has 0 aliphatic heterocycles. The molecule has 0 saturated heterocycles. The van der Waals surface area contributed by atoms with Crippen molar-refractivity contribution in [3.05, 3.63) is 34.4 Å². The normalized spacial score (nSPS) is 12.5. The molecule has 0 aliphatic carbocycles. The molecular formula is C14H20O2. The average Bonchev–Trinajstić information content (AvgIpc) is 2.31. The Morgan fingerprint density at radius 2 is 1.75 bits per heavy atom. The van der Waals surface area contributed by atoms with Gasteiger partial charge in [0.1, 0.15) is 6.29 Å². The second kappa shape index (κ2) is 5.80. The van der Waals surface area contributed by atoms with Crippen molar-refractivity contribution in [3.8, 4) is 0 Å². The lowest BCUT2D eigenvalue weighted by Crippen LogP contribution is -2.12. The molecule has 1 unspecified atom stereocenters. The minimum absolute atomic E-state index is 0.105. The van der Waals surface area contributed by atoms with Crippen molar-refractivity contribution < 1.29 is 9.90 Å². The molecule has 16 heavy (non-hydrogen) atoms. The molecule has 0 amide bonds. The molecular weight excluding hydrogens is 200 g/mol. The Morgan fingerprint density at radius 1 is 1.25 bits per heavy atom. The summed E-state index contributed by atoms with van der Waals surface area (Å²) in [4.78, 5) is 11.0. The third-order valence-corrected chi connectivity index (χ3v) is 2.99. The Hall–Kier alpha value is -1.15. The zero-order valence-corrected chi connectivity index (χ0v) is 10.3. The van der Waals surface area contributed by atoms with Crippen LogP contribution in [0.15, 0.2) is 12.1 Å². The van der Waals surface area contributed by atoms with E-state index >= 15 is 0 Å². The molecule has 2 nitrogen and oxygen atoms in total. The van der Waals surface area contributed by atoms with Crippen LogP contribution in [0.5, 0.6) is 0 Å². The lowest BCUT2D eigenvalue weighted by molar-refractivity contribution is -0.109. The highest BCUT2D eigenvalue weighted by molar-refractivity contribution is 5.65. The number of aryl methyl sites for hydroxylation is 3.